The van der Waals surface area contributed by atoms with Gasteiger partial charge in [0.15, 0.2) is 5.69 Å². The van der Waals surface area contributed by atoms with Gasteiger partial charge in [-0.05, 0) is 42.3 Å². The van der Waals surface area contributed by atoms with Gasteiger partial charge in [0.2, 0.25) is 11.6 Å². The maximum Gasteiger partial charge on any atom is 0.293 e. The van der Waals surface area contributed by atoms with Gasteiger partial charge in [-0.2, -0.15) is 9.78 Å². The SMILES string of the molecule is CN(Cc1c(C(=O)N/N=C\c2c(F)cccc2Cl)nnn1-c1nonc1N)C1CCCCC1. The maximum absolute atomic E-state index is 13.9. The van der Waals surface area contributed by atoms with Crippen LogP contribution in [-0.4, -0.2) is 55.4 Å². The van der Waals surface area contributed by atoms with Crippen LogP contribution in [0.15, 0.2) is 27.9 Å². The molecule has 2 aromatic heterocycles. The van der Waals surface area contributed by atoms with Crippen LogP contribution in [0.1, 0.15) is 53.8 Å². The molecule has 0 aliphatic heterocycles. The number of nitrogens with one attached hydrogen (secondary N) is 1. The molecule has 3 N–H and O–H groups in total. The summed E-state index contributed by atoms with van der Waals surface area (Å²) in [6.07, 6.45) is 6.82. The Morgan fingerprint density at radius 2 is 2.18 bits per heavy atom. The van der Waals surface area contributed by atoms with E-state index >= 15 is 0 Å². The van der Waals surface area contributed by atoms with Gasteiger partial charge < -0.3 is 5.73 Å². The molecular weight excluding hydrogens is 453 g/mol. The number of halogens is 2. The molecule has 0 spiro atoms. The molecule has 2 heterocycles. The zero-order valence-electron chi connectivity index (χ0n) is 17.9. The summed E-state index contributed by atoms with van der Waals surface area (Å²) in [4.78, 5) is 15.0. The monoisotopic (exact) mass is 475 g/mol. The Kier molecular flexibility index (Phi) is 6.94. The number of carbonyl (C=O) groups excluding carboxylic acids is 1. The number of benzene rings is 1. The van der Waals surface area contributed by atoms with Crippen molar-refractivity contribution in [2.75, 3.05) is 12.8 Å². The minimum Gasteiger partial charge on any atom is -0.378 e. The van der Waals surface area contributed by atoms with Crippen LogP contribution in [0.5, 0.6) is 0 Å². The van der Waals surface area contributed by atoms with Gasteiger partial charge in [0.05, 0.1) is 16.9 Å². The van der Waals surface area contributed by atoms with E-state index in [1.165, 1.54) is 29.3 Å². The van der Waals surface area contributed by atoms with E-state index in [0.717, 1.165) is 31.9 Å². The quantitative estimate of drug-likeness (QED) is 0.392. The number of hydrazone groups is 1. The van der Waals surface area contributed by atoms with Crippen molar-refractivity contribution < 1.29 is 13.8 Å². The Labute approximate surface area is 193 Å². The lowest BCUT2D eigenvalue weighted by atomic mass is 9.94. The van der Waals surface area contributed by atoms with Crippen LogP contribution < -0.4 is 11.2 Å². The van der Waals surface area contributed by atoms with Crippen LogP contribution in [0.3, 0.4) is 0 Å². The molecule has 11 nitrogen and oxygen atoms in total. The highest BCUT2D eigenvalue weighted by Crippen LogP contribution is 2.24. The van der Waals surface area contributed by atoms with E-state index in [0.29, 0.717) is 18.3 Å². The van der Waals surface area contributed by atoms with Gasteiger partial charge >= 0.3 is 0 Å². The van der Waals surface area contributed by atoms with Crippen molar-refractivity contribution in [3.05, 3.63) is 46.0 Å². The highest BCUT2D eigenvalue weighted by Gasteiger charge is 2.27. The predicted octanol–water partition coefficient (Wildman–Crippen LogP) is 2.55. The normalized spacial score (nSPS) is 14.9. The highest BCUT2D eigenvalue weighted by molar-refractivity contribution is 6.33. The highest BCUT2D eigenvalue weighted by atomic mass is 35.5. The molecule has 0 saturated heterocycles. The number of nitrogens with two attached hydrogens (primary N) is 1. The second kappa shape index (κ2) is 10.0. The van der Waals surface area contributed by atoms with Gasteiger partial charge in [-0.3, -0.25) is 9.69 Å². The summed E-state index contributed by atoms with van der Waals surface area (Å²) >= 11 is 5.98. The second-order valence-electron chi connectivity index (χ2n) is 7.81. The van der Waals surface area contributed by atoms with Crippen LogP contribution in [0.25, 0.3) is 5.82 Å². The van der Waals surface area contributed by atoms with E-state index in [4.69, 9.17) is 17.3 Å². The van der Waals surface area contributed by atoms with E-state index in [2.05, 4.69) is 40.7 Å². The average molecular weight is 476 g/mol. The zero-order valence-corrected chi connectivity index (χ0v) is 18.7. The number of amides is 1. The van der Waals surface area contributed by atoms with Crippen LogP contribution >= 0.6 is 11.6 Å². The number of hydrogen-bond donors (Lipinski definition) is 2. The smallest absolute Gasteiger partial charge is 0.293 e. The minimum atomic E-state index is -0.632. The van der Waals surface area contributed by atoms with Crippen molar-refractivity contribution in [2.45, 2.75) is 44.7 Å². The van der Waals surface area contributed by atoms with Crippen LogP contribution in [0, 0.1) is 5.82 Å². The molecule has 4 rings (SSSR count). The third-order valence-electron chi connectivity index (χ3n) is 5.63. The molecule has 1 fully saturated rings. The Morgan fingerprint density at radius 3 is 2.88 bits per heavy atom. The summed E-state index contributed by atoms with van der Waals surface area (Å²) in [5.41, 5.74) is 8.71. The summed E-state index contributed by atoms with van der Waals surface area (Å²) in [5.74, 6) is -1.04. The Bertz CT molecular complexity index is 1140. The van der Waals surface area contributed by atoms with Crippen LogP contribution in [0.4, 0.5) is 10.2 Å². The third kappa shape index (κ3) is 5.01. The number of rotatable bonds is 7. The largest absolute Gasteiger partial charge is 0.378 e. The first kappa shape index (κ1) is 22.8. The molecule has 0 atom stereocenters. The molecule has 1 saturated carbocycles. The number of anilines is 1. The minimum absolute atomic E-state index is 0.0145. The lowest BCUT2D eigenvalue weighted by molar-refractivity contribution is 0.0947. The van der Waals surface area contributed by atoms with Crippen molar-refractivity contribution in [2.24, 2.45) is 5.10 Å². The molecule has 0 unspecified atom stereocenters. The molecule has 1 amide bonds. The van der Waals surface area contributed by atoms with E-state index in [1.54, 1.807) is 0 Å². The van der Waals surface area contributed by atoms with Crippen molar-refractivity contribution >= 4 is 29.5 Å². The zero-order chi connectivity index (χ0) is 23.4. The van der Waals surface area contributed by atoms with Gasteiger partial charge in [-0.25, -0.2) is 14.4 Å². The average Bonchev–Trinajstić information content (AvgIpc) is 3.42. The predicted molar refractivity (Wildman–Crippen MR) is 118 cm³/mol. The van der Waals surface area contributed by atoms with E-state index in [-0.39, 0.29) is 27.9 Å². The van der Waals surface area contributed by atoms with Gasteiger partial charge in [-0.1, -0.05) is 42.1 Å². The van der Waals surface area contributed by atoms with Crippen LogP contribution in [0.2, 0.25) is 5.02 Å². The van der Waals surface area contributed by atoms with Crippen molar-refractivity contribution in [3.8, 4) is 5.82 Å². The van der Waals surface area contributed by atoms with Crippen LogP contribution in [-0.2, 0) is 6.54 Å². The molecule has 0 radical (unpaired) electrons. The van der Waals surface area contributed by atoms with Crippen molar-refractivity contribution in [1.29, 1.82) is 0 Å². The number of hydrogen-bond acceptors (Lipinski definition) is 9. The fraction of sp³-hybridized carbons (Fsp3) is 0.400. The van der Waals surface area contributed by atoms with E-state index < -0.39 is 11.7 Å². The molecular formula is C20H23ClFN9O2. The summed E-state index contributed by atoms with van der Waals surface area (Å²) in [6, 6.07) is 4.61. The second-order valence-corrected chi connectivity index (χ2v) is 8.22. The topological polar surface area (TPSA) is 140 Å². The number of aromatic nitrogens is 5. The molecule has 1 aromatic carbocycles. The first-order valence-corrected chi connectivity index (χ1v) is 10.8. The molecule has 0 bridgehead atoms. The van der Waals surface area contributed by atoms with Gasteiger partial charge in [0.1, 0.15) is 5.82 Å². The van der Waals surface area contributed by atoms with Gasteiger partial charge in [0.25, 0.3) is 5.91 Å². The fourth-order valence-electron chi connectivity index (χ4n) is 3.86. The first-order chi connectivity index (χ1) is 16.0. The number of carbonyl (C=O) groups is 1. The number of nitrogen functional groups attached to an aromatic ring is 1. The molecule has 3 aromatic rings. The summed E-state index contributed by atoms with van der Waals surface area (Å²) < 4.78 is 19.9. The fourth-order valence-corrected chi connectivity index (χ4v) is 4.07. The summed E-state index contributed by atoms with van der Waals surface area (Å²) in [6.45, 7) is 0.357. The summed E-state index contributed by atoms with van der Waals surface area (Å²) in [5, 5.41) is 19.4. The Morgan fingerprint density at radius 1 is 1.39 bits per heavy atom. The third-order valence-corrected chi connectivity index (χ3v) is 5.96. The maximum atomic E-state index is 13.9. The van der Waals surface area contributed by atoms with E-state index in [9.17, 15) is 9.18 Å². The lowest BCUT2D eigenvalue weighted by Gasteiger charge is -2.31. The molecule has 13 heteroatoms. The molecule has 1 aliphatic rings. The first-order valence-electron chi connectivity index (χ1n) is 10.5. The van der Waals surface area contributed by atoms with E-state index in [1.807, 2.05) is 7.05 Å². The lowest BCUT2D eigenvalue weighted by Crippen LogP contribution is -2.34. The molecule has 33 heavy (non-hydrogen) atoms. The Hall–Kier alpha value is -3.38. The van der Waals surface area contributed by atoms with Crippen molar-refractivity contribution in [1.82, 2.24) is 35.6 Å². The molecule has 174 valence electrons. The standard InChI is InChI=1S/C20H23ClFN9O2/c1-30(12-6-3-2-4-7-12)11-16-17(25-29-31(16)19-18(23)27-33-28-19)20(32)26-24-10-13-14(21)8-5-9-15(13)22/h5,8-10,12H,2-4,6-7,11H2,1H3,(H2,23,27)(H,26,32)/b24-10-. The van der Waals surface area contributed by atoms with Gasteiger partial charge in [-0.15, -0.1) is 5.10 Å². The Balaban J connectivity index is 1.59. The van der Waals surface area contributed by atoms with Gasteiger partial charge in [0, 0.05) is 18.2 Å². The van der Waals surface area contributed by atoms with Crippen molar-refractivity contribution in [3.63, 3.8) is 0 Å². The summed E-state index contributed by atoms with van der Waals surface area (Å²) in [7, 11) is 1.98. The molecule has 1 aliphatic carbocycles. The number of nitrogens with zero attached hydrogens (tertiary/aromatic N) is 7.